The van der Waals surface area contributed by atoms with Crippen LogP contribution in [0.25, 0.3) is 0 Å². The Labute approximate surface area is 249 Å². The Hall–Kier alpha value is -0.280. The van der Waals surface area contributed by atoms with Crippen LogP contribution in [0.2, 0.25) is 0 Å². The zero-order valence-electron chi connectivity index (χ0n) is 28.5. The number of hydrogen-bond donors (Lipinski definition) is 0. The van der Waals surface area contributed by atoms with Gasteiger partial charge in [-0.05, 0) is 66.2 Å². The van der Waals surface area contributed by atoms with Gasteiger partial charge in [-0.3, -0.25) is 0 Å². The molecule has 0 heterocycles. The third-order valence-corrected chi connectivity index (χ3v) is 6.32. The zero-order chi connectivity index (χ0) is 29.8. The molecule has 0 bridgehead atoms. The molecule has 7 nitrogen and oxygen atoms in total. The van der Waals surface area contributed by atoms with Crippen LogP contribution < -0.4 is 0 Å². The van der Waals surface area contributed by atoms with Crippen LogP contribution in [0, 0.1) is 5.92 Å². The molecule has 3 atom stereocenters. The molecule has 0 saturated carbocycles. The van der Waals surface area contributed by atoms with Crippen molar-refractivity contribution in [3.63, 3.8) is 0 Å². The van der Waals surface area contributed by atoms with E-state index in [0.29, 0.717) is 26.4 Å². The van der Waals surface area contributed by atoms with Crippen LogP contribution in [-0.4, -0.2) is 61.5 Å². The van der Waals surface area contributed by atoms with E-state index in [9.17, 15) is 0 Å². The summed E-state index contributed by atoms with van der Waals surface area (Å²) in [6, 6.07) is 0. The quantitative estimate of drug-likeness (QED) is 0.0754. The molecular weight excluding hydrogens is 508 g/mol. The van der Waals surface area contributed by atoms with E-state index in [-0.39, 0.29) is 17.5 Å². The van der Waals surface area contributed by atoms with Crippen molar-refractivity contribution in [1.29, 1.82) is 0 Å². The lowest BCUT2D eigenvalue weighted by Gasteiger charge is -2.52. The minimum atomic E-state index is -1.58. The van der Waals surface area contributed by atoms with Gasteiger partial charge in [0.15, 0.2) is 0 Å². The van der Waals surface area contributed by atoms with Crippen molar-refractivity contribution in [3.8, 4) is 0 Å². The Balaban J connectivity index is 0. The molecule has 0 aromatic carbocycles. The molecule has 0 aromatic rings. The SMILES string of the molecule is CCCCCCOC(OCCCCC)(OC(C)(C)C)C(OCCCC)(OCC(C)C)C(CCCC)OC(C)C.O. The van der Waals surface area contributed by atoms with Crippen LogP contribution in [0.15, 0.2) is 0 Å². The maximum Gasteiger partial charge on any atom is 0.344 e. The van der Waals surface area contributed by atoms with Gasteiger partial charge in [-0.1, -0.05) is 92.9 Å². The van der Waals surface area contributed by atoms with Crippen LogP contribution in [0.1, 0.15) is 153 Å². The first-order valence-electron chi connectivity index (χ1n) is 16.3. The molecule has 0 radical (unpaired) electrons. The summed E-state index contributed by atoms with van der Waals surface area (Å²) in [6.07, 6.45) is 11.6. The molecule has 0 amide bonds. The number of ether oxygens (including phenoxy) is 6. The van der Waals surface area contributed by atoms with Gasteiger partial charge in [0, 0.05) is 0 Å². The van der Waals surface area contributed by atoms with Gasteiger partial charge in [0.1, 0.15) is 6.10 Å². The summed E-state index contributed by atoms with van der Waals surface area (Å²) in [5.41, 5.74) is -0.581. The maximum absolute atomic E-state index is 6.92. The van der Waals surface area contributed by atoms with Crippen molar-refractivity contribution < 1.29 is 33.9 Å². The van der Waals surface area contributed by atoms with E-state index in [1.54, 1.807) is 0 Å². The van der Waals surface area contributed by atoms with E-state index in [4.69, 9.17) is 28.4 Å². The van der Waals surface area contributed by atoms with Crippen molar-refractivity contribution in [1.82, 2.24) is 0 Å². The molecule has 7 heteroatoms. The first-order valence-corrected chi connectivity index (χ1v) is 16.3. The molecule has 0 saturated heterocycles. The number of hydrogen-bond acceptors (Lipinski definition) is 6. The lowest BCUT2D eigenvalue weighted by molar-refractivity contribution is -0.528. The van der Waals surface area contributed by atoms with Crippen molar-refractivity contribution >= 4 is 0 Å². The molecule has 0 aromatic heterocycles. The highest BCUT2D eigenvalue weighted by Crippen LogP contribution is 2.44. The molecule has 244 valence electrons. The van der Waals surface area contributed by atoms with Gasteiger partial charge in [0.25, 0.3) is 5.79 Å². The second-order valence-electron chi connectivity index (χ2n) is 12.6. The molecule has 0 fully saturated rings. The molecule has 2 N–H and O–H groups in total. The average Bonchev–Trinajstić information content (AvgIpc) is 2.85. The van der Waals surface area contributed by atoms with Crippen molar-refractivity contribution in [2.24, 2.45) is 5.92 Å². The summed E-state index contributed by atoms with van der Waals surface area (Å²) >= 11 is 0. The van der Waals surface area contributed by atoms with Gasteiger partial charge in [-0.15, -0.1) is 0 Å². The van der Waals surface area contributed by atoms with Crippen molar-refractivity contribution in [2.45, 2.75) is 183 Å². The monoisotopic (exact) mass is 579 g/mol. The largest absolute Gasteiger partial charge is 0.412 e. The minimum Gasteiger partial charge on any atom is -0.412 e. The Morgan fingerprint density at radius 2 is 1.07 bits per heavy atom. The summed E-state index contributed by atoms with van der Waals surface area (Å²) in [6.45, 7) is 25.3. The van der Waals surface area contributed by atoms with Gasteiger partial charge >= 0.3 is 5.97 Å². The molecule has 3 unspecified atom stereocenters. The van der Waals surface area contributed by atoms with Crippen LogP contribution in [0.4, 0.5) is 0 Å². The fourth-order valence-corrected chi connectivity index (χ4v) is 4.40. The second kappa shape index (κ2) is 23.2. The third-order valence-electron chi connectivity index (χ3n) is 6.32. The Morgan fingerprint density at radius 3 is 1.55 bits per heavy atom. The first kappa shape index (κ1) is 41.9. The standard InChI is InChI=1S/C33H68O6.H2O/c1-12-16-20-22-26-36-33(39-31(9,10)11,35-25-21-17-13-2)32(34-24-19-15-4,37-27-28(5)6)30(23-18-14-3)38-29(7)8;/h28-30H,12-27H2,1-11H3;1H2. The van der Waals surface area contributed by atoms with E-state index in [0.717, 1.165) is 64.2 Å². The zero-order valence-corrected chi connectivity index (χ0v) is 28.5. The van der Waals surface area contributed by atoms with Gasteiger partial charge < -0.3 is 33.9 Å². The molecule has 0 aliphatic heterocycles. The average molecular weight is 579 g/mol. The Bertz CT molecular complexity index is 563. The van der Waals surface area contributed by atoms with E-state index in [1.165, 1.54) is 12.8 Å². The fraction of sp³-hybridized carbons (Fsp3) is 1.00. The summed E-state index contributed by atoms with van der Waals surface area (Å²) in [5, 5.41) is 0. The van der Waals surface area contributed by atoms with Crippen LogP contribution >= 0.6 is 0 Å². The molecule has 0 aliphatic rings. The second-order valence-corrected chi connectivity index (χ2v) is 12.6. The summed E-state index contributed by atoms with van der Waals surface area (Å²) < 4.78 is 41.1. The minimum absolute atomic E-state index is 0. The van der Waals surface area contributed by atoms with Crippen molar-refractivity contribution in [3.05, 3.63) is 0 Å². The van der Waals surface area contributed by atoms with Crippen LogP contribution in [0.3, 0.4) is 0 Å². The highest BCUT2D eigenvalue weighted by atomic mass is 16.9. The first-order chi connectivity index (χ1) is 18.4. The van der Waals surface area contributed by atoms with Crippen molar-refractivity contribution in [2.75, 3.05) is 26.4 Å². The van der Waals surface area contributed by atoms with Gasteiger partial charge in [-0.25, -0.2) is 0 Å². The number of unbranched alkanes of at least 4 members (excludes halogenated alkanes) is 7. The van der Waals surface area contributed by atoms with E-state index < -0.39 is 23.5 Å². The Morgan fingerprint density at radius 1 is 0.575 bits per heavy atom. The van der Waals surface area contributed by atoms with E-state index >= 15 is 0 Å². The summed E-state index contributed by atoms with van der Waals surface area (Å²) in [5.74, 6) is -2.70. The molecule has 0 rings (SSSR count). The maximum atomic E-state index is 6.92. The summed E-state index contributed by atoms with van der Waals surface area (Å²) in [4.78, 5) is 0. The smallest absolute Gasteiger partial charge is 0.344 e. The van der Waals surface area contributed by atoms with Crippen LogP contribution in [0.5, 0.6) is 0 Å². The third kappa shape index (κ3) is 16.4. The lowest BCUT2D eigenvalue weighted by atomic mass is 9.98. The molecular formula is C33H70O7. The fourth-order valence-electron chi connectivity index (χ4n) is 4.40. The van der Waals surface area contributed by atoms with Gasteiger partial charge in [0.2, 0.25) is 0 Å². The topological polar surface area (TPSA) is 86.9 Å². The highest BCUT2D eigenvalue weighted by Gasteiger charge is 2.65. The molecule has 0 aliphatic carbocycles. The van der Waals surface area contributed by atoms with Gasteiger partial charge in [-0.2, -0.15) is 0 Å². The normalized spacial score (nSPS) is 16.1. The molecule has 40 heavy (non-hydrogen) atoms. The predicted molar refractivity (Wildman–Crippen MR) is 167 cm³/mol. The van der Waals surface area contributed by atoms with E-state index in [1.807, 2.05) is 20.8 Å². The predicted octanol–water partition coefficient (Wildman–Crippen LogP) is 8.60. The summed E-state index contributed by atoms with van der Waals surface area (Å²) in [7, 11) is 0. The number of rotatable bonds is 26. The lowest BCUT2D eigenvalue weighted by Crippen LogP contribution is -2.70. The highest BCUT2D eigenvalue weighted by molar-refractivity contribution is 4.94. The van der Waals surface area contributed by atoms with E-state index in [2.05, 4.69) is 55.4 Å². The van der Waals surface area contributed by atoms with Crippen LogP contribution in [-0.2, 0) is 28.4 Å². The van der Waals surface area contributed by atoms with Gasteiger partial charge in [0.05, 0.1) is 38.1 Å². The molecule has 0 spiro atoms. The Kier molecular flexibility index (Phi) is 24.3.